The van der Waals surface area contributed by atoms with E-state index < -0.39 is 0 Å². The normalized spacial score (nSPS) is 10.9. The Bertz CT molecular complexity index is 474. The van der Waals surface area contributed by atoms with E-state index in [0.717, 1.165) is 11.1 Å². The Morgan fingerprint density at radius 1 is 0.824 bits per heavy atom. The summed E-state index contributed by atoms with van der Waals surface area (Å²) in [7, 11) is 0. The SMILES string of the molecule is NOCc1ccc(/C=C/c2ccccc2)cc1. The Labute approximate surface area is 101 Å². The van der Waals surface area contributed by atoms with Gasteiger partial charge in [0.25, 0.3) is 0 Å². The number of hydrogen-bond acceptors (Lipinski definition) is 2. The van der Waals surface area contributed by atoms with Crippen molar-refractivity contribution in [3.63, 3.8) is 0 Å². The highest BCUT2D eigenvalue weighted by Gasteiger charge is 1.91. The van der Waals surface area contributed by atoms with Crippen molar-refractivity contribution in [2.75, 3.05) is 0 Å². The van der Waals surface area contributed by atoms with Crippen molar-refractivity contribution in [2.45, 2.75) is 6.61 Å². The van der Waals surface area contributed by atoms with Gasteiger partial charge in [0.15, 0.2) is 0 Å². The van der Waals surface area contributed by atoms with Crippen LogP contribution in [0.1, 0.15) is 16.7 Å². The highest BCUT2D eigenvalue weighted by atomic mass is 16.6. The molecule has 0 saturated carbocycles. The molecular formula is C15H15NO. The van der Waals surface area contributed by atoms with Crippen molar-refractivity contribution in [1.82, 2.24) is 0 Å². The molecule has 0 aromatic heterocycles. The second-order valence-electron chi connectivity index (χ2n) is 3.80. The lowest BCUT2D eigenvalue weighted by atomic mass is 10.1. The zero-order chi connectivity index (χ0) is 11.9. The fraction of sp³-hybridized carbons (Fsp3) is 0.0667. The molecule has 2 aromatic rings. The summed E-state index contributed by atoms with van der Waals surface area (Å²) in [5.74, 6) is 5.02. The van der Waals surface area contributed by atoms with Crippen molar-refractivity contribution < 1.29 is 4.84 Å². The topological polar surface area (TPSA) is 35.2 Å². The molecule has 86 valence electrons. The molecule has 0 spiro atoms. The standard InChI is InChI=1S/C15H15NO/c16-17-12-15-10-8-14(9-11-15)7-6-13-4-2-1-3-5-13/h1-11H,12,16H2/b7-6+. The molecule has 2 nitrogen and oxygen atoms in total. The van der Waals surface area contributed by atoms with E-state index in [2.05, 4.69) is 29.1 Å². The van der Waals surface area contributed by atoms with Gasteiger partial charge in [0, 0.05) is 0 Å². The van der Waals surface area contributed by atoms with Crippen LogP contribution in [0.4, 0.5) is 0 Å². The van der Waals surface area contributed by atoms with E-state index in [1.54, 1.807) is 0 Å². The van der Waals surface area contributed by atoms with E-state index in [9.17, 15) is 0 Å². The van der Waals surface area contributed by atoms with Gasteiger partial charge in [-0.3, -0.25) is 4.84 Å². The Morgan fingerprint density at radius 2 is 1.41 bits per heavy atom. The average molecular weight is 225 g/mol. The van der Waals surface area contributed by atoms with Crippen LogP contribution in [0.3, 0.4) is 0 Å². The Morgan fingerprint density at radius 3 is 2.00 bits per heavy atom. The molecule has 0 fully saturated rings. The maximum Gasteiger partial charge on any atom is 0.0930 e. The van der Waals surface area contributed by atoms with Gasteiger partial charge in [-0.15, -0.1) is 0 Å². The maximum atomic E-state index is 5.02. The highest BCUT2D eigenvalue weighted by molar-refractivity contribution is 5.69. The minimum absolute atomic E-state index is 0.447. The van der Waals surface area contributed by atoms with Crippen LogP contribution in [-0.2, 0) is 11.4 Å². The fourth-order valence-electron chi connectivity index (χ4n) is 1.58. The molecule has 0 heterocycles. The van der Waals surface area contributed by atoms with Crippen molar-refractivity contribution in [1.29, 1.82) is 0 Å². The molecule has 0 unspecified atom stereocenters. The Hall–Kier alpha value is -1.90. The average Bonchev–Trinajstić information content (AvgIpc) is 2.40. The van der Waals surface area contributed by atoms with Crippen LogP contribution in [0.25, 0.3) is 12.2 Å². The summed E-state index contributed by atoms with van der Waals surface area (Å²) in [6.07, 6.45) is 4.18. The lowest BCUT2D eigenvalue weighted by Gasteiger charge is -1.99. The minimum atomic E-state index is 0.447. The molecule has 0 atom stereocenters. The van der Waals surface area contributed by atoms with Gasteiger partial charge in [-0.1, -0.05) is 66.7 Å². The van der Waals surface area contributed by atoms with E-state index >= 15 is 0 Å². The van der Waals surface area contributed by atoms with Crippen LogP contribution in [0, 0.1) is 0 Å². The minimum Gasteiger partial charge on any atom is -0.300 e. The molecule has 0 amide bonds. The van der Waals surface area contributed by atoms with Crippen LogP contribution in [0.5, 0.6) is 0 Å². The third kappa shape index (κ3) is 3.55. The smallest absolute Gasteiger partial charge is 0.0930 e. The molecule has 0 aliphatic carbocycles. The first kappa shape index (κ1) is 11.6. The summed E-state index contributed by atoms with van der Waals surface area (Å²) in [6, 6.07) is 18.3. The second-order valence-corrected chi connectivity index (χ2v) is 3.80. The van der Waals surface area contributed by atoms with Gasteiger partial charge in [0.1, 0.15) is 0 Å². The summed E-state index contributed by atoms with van der Waals surface area (Å²) < 4.78 is 0. The Balaban J connectivity index is 2.06. The van der Waals surface area contributed by atoms with Crippen LogP contribution < -0.4 is 5.90 Å². The molecule has 0 aliphatic heterocycles. The highest BCUT2D eigenvalue weighted by Crippen LogP contribution is 2.09. The van der Waals surface area contributed by atoms with E-state index in [-0.39, 0.29) is 0 Å². The molecule has 17 heavy (non-hydrogen) atoms. The first-order valence-electron chi connectivity index (χ1n) is 5.52. The molecule has 2 N–H and O–H groups in total. The molecule has 0 radical (unpaired) electrons. The molecular weight excluding hydrogens is 210 g/mol. The maximum absolute atomic E-state index is 5.02. The summed E-state index contributed by atoms with van der Waals surface area (Å²) >= 11 is 0. The van der Waals surface area contributed by atoms with Crippen molar-refractivity contribution >= 4 is 12.2 Å². The van der Waals surface area contributed by atoms with E-state index in [4.69, 9.17) is 5.90 Å². The number of nitrogens with two attached hydrogens (primary N) is 1. The lowest BCUT2D eigenvalue weighted by Crippen LogP contribution is -1.98. The predicted octanol–water partition coefficient (Wildman–Crippen LogP) is 3.25. The quantitative estimate of drug-likeness (QED) is 0.640. The monoisotopic (exact) mass is 225 g/mol. The molecule has 2 rings (SSSR count). The van der Waals surface area contributed by atoms with Crippen LogP contribution in [0.15, 0.2) is 54.6 Å². The lowest BCUT2D eigenvalue weighted by molar-refractivity contribution is 0.124. The Kier molecular flexibility index (Phi) is 4.08. The van der Waals surface area contributed by atoms with Gasteiger partial charge in [-0.2, -0.15) is 0 Å². The molecule has 0 saturated heterocycles. The zero-order valence-electron chi connectivity index (χ0n) is 9.54. The van der Waals surface area contributed by atoms with E-state index in [1.165, 1.54) is 5.56 Å². The van der Waals surface area contributed by atoms with Gasteiger partial charge >= 0.3 is 0 Å². The number of rotatable bonds is 4. The van der Waals surface area contributed by atoms with Gasteiger partial charge in [0.05, 0.1) is 6.61 Å². The first-order valence-corrected chi connectivity index (χ1v) is 5.52. The summed E-state index contributed by atoms with van der Waals surface area (Å²) in [6.45, 7) is 0.447. The van der Waals surface area contributed by atoms with Crippen molar-refractivity contribution in [3.05, 3.63) is 71.3 Å². The van der Waals surface area contributed by atoms with Gasteiger partial charge in [-0.05, 0) is 16.7 Å². The van der Waals surface area contributed by atoms with Crippen molar-refractivity contribution in [3.8, 4) is 0 Å². The summed E-state index contributed by atoms with van der Waals surface area (Å²) in [5.41, 5.74) is 3.43. The number of hydrogen-bond donors (Lipinski definition) is 1. The van der Waals surface area contributed by atoms with Crippen LogP contribution in [-0.4, -0.2) is 0 Å². The first-order chi connectivity index (χ1) is 8.38. The fourth-order valence-corrected chi connectivity index (χ4v) is 1.58. The third-order valence-electron chi connectivity index (χ3n) is 2.50. The number of benzene rings is 2. The predicted molar refractivity (Wildman–Crippen MR) is 70.8 cm³/mol. The van der Waals surface area contributed by atoms with Gasteiger partial charge in [-0.25, -0.2) is 5.90 Å². The second kappa shape index (κ2) is 5.99. The van der Waals surface area contributed by atoms with Crippen LogP contribution in [0.2, 0.25) is 0 Å². The van der Waals surface area contributed by atoms with Crippen molar-refractivity contribution in [2.24, 2.45) is 5.90 Å². The van der Waals surface area contributed by atoms with Crippen LogP contribution >= 0.6 is 0 Å². The molecule has 2 aromatic carbocycles. The van der Waals surface area contributed by atoms with Gasteiger partial charge in [0.2, 0.25) is 0 Å². The molecule has 0 aliphatic rings. The molecule has 0 bridgehead atoms. The summed E-state index contributed by atoms with van der Waals surface area (Å²) in [5, 5.41) is 0. The van der Waals surface area contributed by atoms with E-state index in [0.29, 0.717) is 6.61 Å². The van der Waals surface area contributed by atoms with E-state index in [1.807, 2.05) is 42.5 Å². The summed E-state index contributed by atoms with van der Waals surface area (Å²) in [4.78, 5) is 4.58. The molecule has 2 heteroatoms. The van der Waals surface area contributed by atoms with Gasteiger partial charge < -0.3 is 0 Å². The third-order valence-corrected chi connectivity index (χ3v) is 2.50. The zero-order valence-corrected chi connectivity index (χ0v) is 9.54. The largest absolute Gasteiger partial charge is 0.300 e.